The second-order valence-corrected chi connectivity index (χ2v) is 29.6. The maximum absolute atomic E-state index is 13.2. The van der Waals surface area contributed by atoms with E-state index in [1.807, 2.05) is 26.0 Å². The van der Waals surface area contributed by atoms with Crippen LogP contribution < -0.4 is 28.7 Å². The Morgan fingerprint density at radius 1 is 0.550 bits per heavy atom. The number of carbonyl (C=O) groups is 2. The van der Waals surface area contributed by atoms with Crippen LogP contribution >= 0.6 is 23.2 Å². The quantitative estimate of drug-likeness (QED) is 0.131. The van der Waals surface area contributed by atoms with Crippen LogP contribution in [-0.4, -0.2) is 102 Å². The zero-order valence-electron chi connectivity index (χ0n) is 46.1. The number of hydrogen-bond donors (Lipinski definition) is 4. The third-order valence-corrected chi connectivity index (χ3v) is 22.8. The minimum atomic E-state index is -3.80. The summed E-state index contributed by atoms with van der Waals surface area (Å²) in [4.78, 5) is 31.0. The average molecular weight is 1170 g/mol. The molecule has 4 heterocycles. The van der Waals surface area contributed by atoms with Gasteiger partial charge in [0.25, 0.3) is 11.8 Å². The number of nitrogens with zero attached hydrogens (tertiary/aromatic N) is 2. The third kappa shape index (κ3) is 12.2. The molecular formula is C62H78Cl2N4O10S2. The van der Waals surface area contributed by atoms with Crippen molar-refractivity contribution in [2.45, 2.75) is 140 Å². The smallest absolute Gasteiger partial charge is 0.264 e. The molecule has 4 N–H and O–H groups in total. The first-order chi connectivity index (χ1) is 38.2. The van der Waals surface area contributed by atoms with Crippen molar-refractivity contribution in [1.29, 1.82) is 0 Å². The van der Waals surface area contributed by atoms with Gasteiger partial charge in [-0.3, -0.25) is 9.59 Å². The molecule has 4 bridgehead atoms. The normalized spacial score (nSPS) is 32.1. The summed E-state index contributed by atoms with van der Waals surface area (Å²) in [5, 5.41) is 23.7. The van der Waals surface area contributed by atoms with Gasteiger partial charge in [-0.15, -0.1) is 0 Å². The summed E-state index contributed by atoms with van der Waals surface area (Å²) in [7, 11) is -7.60. The molecule has 0 aromatic heterocycles. The number of aliphatic hydroxyl groups is 2. The summed E-state index contributed by atoms with van der Waals surface area (Å²) in [6.07, 6.45) is 13.6. The third-order valence-electron chi connectivity index (χ3n) is 19.3. The number of aliphatic hydroxyl groups excluding tert-OH is 2. The summed E-state index contributed by atoms with van der Waals surface area (Å²) in [5.41, 5.74) is 6.80. The number of amides is 2. The summed E-state index contributed by atoms with van der Waals surface area (Å²) in [5.74, 6) is 0.840. The van der Waals surface area contributed by atoms with E-state index in [1.54, 1.807) is 36.4 Å². The molecule has 0 saturated heterocycles. The van der Waals surface area contributed by atoms with E-state index in [0.717, 1.165) is 125 Å². The van der Waals surface area contributed by atoms with Crippen LogP contribution in [0.25, 0.3) is 0 Å². The molecule has 18 heteroatoms. The lowest BCUT2D eigenvalue weighted by Crippen LogP contribution is -2.49. The van der Waals surface area contributed by atoms with E-state index in [4.69, 9.17) is 32.7 Å². The Balaban J connectivity index is 0.000000169. The molecule has 2 amide bonds. The molecule has 0 radical (unpaired) electrons. The molecular weight excluding hydrogens is 1100 g/mol. The predicted molar refractivity (Wildman–Crippen MR) is 313 cm³/mol. The first kappa shape index (κ1) is 57.2. The molecule has 4 aliphatic heterocycles. The molecule has 2 spiro atoms. The number of anilines is 2. The van der Waals surface area contributed by atoms with Gasteiger partial charge in [-0.2, -0.15) is 0 Å². The Labute approximate surface area is 482 Å². The summed E-state index contributed by atoms with van der Waals surface area (Å²) in [6.45, 7) is 7.74. The van der Waals surface area contributed by atoms with Crippen molar-refractivity contribution < 1.29 is 46.1 Å². The van der Waals surface area contributed by atoms with Gasteiger partial charge in [0.15, 0.2) is 0 Å². The number of hydrogen-bond acceptors (Lipinski definition) is 12. The molecule has 0 unspecified atom stereocenters. The van der Waals surface area contributed by atoms with E-state index in [-0.39, 0.29) is 46.0 Å². The van der Waals surface area contributed by atoms with Gasteiger partial charge in [-0.1, -0.05) is 62.0 Å². The zero-order chi connectivity index (χ0) is 56.1. The molecule has 4 aromatic rings. The fraction of sp³-hybridized carbons (Fsp3) is 0.581. The highest BCUT2D eigenvalue weighted by Crippen LogP contribution is 2.49. The topological polar surface area (TPSA) is 192 Å². The van der Waals surface area contributed by atoms with Crippen LogP contribution in [0.2, 0.25) is 10.0 Å². The van der Waals surface area contributed by atoms with Gasteiger partial charge in [-0.05, 0) is 208 Å². The van der Waals surface area contributed by atoms with Gasteiger partial charge in [0.2, 0.25) is 20.0 Å². The van der Waals surface area contributed by atoms with Gasteiger partial charge in [-0.25, -0.2) is 26.3 Å². The van der Waals surface area contributed by atoms with Crippen LogP contribution in [0.1, 0.15) is 147 Å². The first-order valence-electron chi connectivity index (χ1n) is 29.3. The number of aryl methyl sites for hydroxylation is 2. The van der Waals surface area contributed by atoms with E-state index < -0.39 is 44.1 Å². The summed E-state index contributed by atoms with van der Waals surface area (Å²) in [6, 6.07) is 22.8. The minimum Gasteiger partial charge on any atom is -0.490 e. The number of rotatable bonds is 0. The number of halogens is 2. The van der Waals surface area contributed by atoms with Crippen molar-refractivity contribution in [3.05, 3.63) is 116 Å². The molecule has 432 valence electrons. The monoisotopic (exact) mass is 1170 g/mol. The maximum Gasteiger partial charge on any atom is 0.264 e. The van der Waals surface area contributed by atoms with Gasteiger partial charge >= 0.3 is 0 Å². The van der Waals surface area contributed by atoms with E-state index in [0.29, 0.717) is 73.4 Å². The van der Waals surface area contributed by atoms with Crippen LogP contribution in [0.3, 0.4) is 0 Å². The van der Waals surface area contributed by atoms with E-state index in [9.17, 15) is 36.6 Å². The van der Waals surface area contributed by atoms with Crippen LogP contribution in [0, 0.1) is 35.5 Å². The van der Waals surface area contributed by atoms with Crippen LogP contribution in [0.5, 0.6) is 11.5 Å². The summed E-state index contributed by atoms with van der Waals surface area (Å²) < 4.78 is 68.9. The van der Waals surface area contributed by atoms with Crippen LogP contribution in [-0.2, 0) is 43.7 Å². The van der Waals surface area contributed by atoms with Gasteiger partial charge in [0, 0.05) is 58.2 Å². The standard InChI is InChI=1S/2C31H39ClN2O5S/c2*1-20-4-2-6-28(35)25-10-7-23(25)16-34-18-31(13-3-5-21-14-24(32)9-11-26(21)31)19-39-29-12-8-22(15-27(29)34)30(36)33-40(37,38)17-20/h2*8-9,11-12,14-15,20,23,25,28,35H,2-7,10,13,16-19H2,1H3,(H,33,36)/t20-,23+,25-,28+,31+;20-,23-,25+,28-,31-/m10/s1. The Kier molecular flexibility index (Phi) is 16.6. The zero-order valence-corrected chi connectivity index (χ0v) is 49.3. The molecule has 14 nitrogen and oxygen atoms in total. The predicted octanol–water partition coefficient (Wildman–Crippen LogP) is 10.2. The van der Waals surface area contributed by atoms with E-state index >= 15 is 0 Å². The van der Waals surface area contributed by atoms with E-state index in [1.165, 1.54) is 22.3 Å². The second-order valence-electron chi connectivity index (χ2n) is 25.2. The van der Waals surface area contributed by atoms with Gasteiger partial charge in [0.05, 0.1) is 48.3 Å². The Morgan fingerprint density at radius 3 is 1.38 bits per heavy atom. The second kappa shape index (κ2) is 23.2. The fourth-order valence-corrected chi connectivity index (χ4v) is 18.1. The number of sulfonamides is 2. The molecule has 4 aromatic carbocycles. The molecule has 10 atom stereocenters. The van der Waals surface area contributed by atoms with Crippen molar-refractivity contribution >= 4 is 66.4 Å². The van der Waals surface area contributed by atoms with Gasteiger partial charge < -0.3 is 29.5 Å². The first-order valence-corrected chi connectivity index (χ1v) is 33.4. The number of carbonyl (C=O) groups excluding carboxylic acids is 2. The summed E-state index contributed by atoms with van der Waals surface area (Å²) >= 11 is 12.7. The minimum absolute atomic E-state index is 0.108. The Morgan fingerprint density at radius 2 is 0.975 bits per heavy atom. The maximum atomic E-state index is 13.2. The van der Waals surface area contributed by atoms with Gasteiger partial charge in [0.1, 0.15) is 11.5 Å². The van der Waals surface area contributed by atoms with Crippen molar-refractivity contribution in [3.8, 4) is 11.5 Å². The van der Waals surface area contributed by atoms with Crippen LogP contribution in [0.4, 0.5) is 11.4 Å². The van der Waals surface area contributed by atoms with Crippen LogP contribution in [0.15, 0.2) is 72.8 Å². The number of benzene rings is 4. The lowest BCUT2D eigenvalue weighted by atomic mass is 9.68. The van der Waals surface area contributed by atoms with Crippen molar-refractivity contribution in [2.24, 2.45) is 35.5 Å². The SMILES string of the molecule is C[C@@H]1CCC[C@H](O)[C@@H]2CC[C@H]2CN2C[C@@]3(CCCc4cc(Cl)ccc43)COc3ccc(cc32)C(=O)NS(=O)(=O)C1.C[C@H]1CCC[C@H](O)[C@@H]2CC[C@H]2CN2C[C@@]3(CCCc4cc(Cl)ccc43)COc3ccc(cc32)C(=O)NS(=O)(=O)C1. The van der Waals surface area contributed by atoms with Crippen molar-refractivity contribution in [2.75, 3.05) is 60.7 Å². The molecule has 12 rings (SSSR count). The molecule has 4 aliphatic carbocycles. The number of fused-ring (bicyclic) bond motifs is 8. The Bertz CT molecular complexity index is 3010. The number of ether oxygens (including phenoxy) is 2. The Hall–Kier alpha value is -4.58. The average Bonchev–Trinajstić information content (AvgIpc) is 3.86. The van der Waals surface area contributed by atoms with Crippen molar-refractivity contribution in [1.82, 2.24) is 9.44 Å². The lowest BCUT2D eigenvalue weighted by molar-refractivity contribution is 0.00848. The lowest BCUT2D eigenvalue weighted by Gasteiger charge is -2.45. The highest BCUT2D eigenvalue weighted by molar-refractivity contribution is 7.90. The highest BCUT2D eigenvalue weighted by atomic mass is 35.5. The largest absolute Gasteiger partial charge is 0.490 e. The molecule has 2 saturated carbocycles. The van der Waals surface area contributed by atoms with E-state index in [2.05, 4.69) is 43.5 Å². The van der Waals surface area contributed by atoms with Crippen molar-refractivity contribution in [3.63, 3.8) is 0 Å². The molecule has 80 heavy (non-hydrogen) atoms. The highest BCUT2D eigenvalue weighted by Gasteiger charge is 2.47. The fourth-order valence-electron chi connectivity index (χ4n) is 14.9. The molecule has 2 fully saturated rings. The number of nitrogens with one attached hydrogen (secondary N) is 2. The molecule has 8 aliphatic rings.